The van der Waals surface area contributed by atoms with Crippen LogP contribution in [0.5, 0.6) is 0 Å². The van der Waals surface area contributed by atoms with Gasteiger partial charge in [0, 0.05) is 13.2 Å². The Bertz CT molecular complexity index is 126. The third kappa shape index (κ3) is 2.96. The highest BCUT2D eigenvalue weighted by Crippen LogP contribution is 2.26. The minimum absolute atomic E-state index is 0.836. The van der Waals surface area contributed by atoms with E-state index in [0.717, 1.165) is 25.0 Å². The van der Waals surface area contributed by atoms with Crippen LogP contribution in [0.4, 0.5) is 0 Å². The van der Waals surface area contributed by atoms with Crippen LogP contribution in [0.2, 0.25) is 0 Å². The molecule has 82 valence electrons. The first kappa shape index (κ1) is 10.4. The molecule has 2 rings (SSSR count). The molecule has 0 aliphatic carbocycles. The third-order valence-electron chi connectivity index (χ3n) is 3.70. The zero-order valence-corrected chi connectivity index (χ0v) is 9.13. The second-order valence-electron chi connectivity index (χ2n) is 4.79. The van der Waals surface area contributed by atoms with Crippen LogP contribution in [0.1, 0.15) is 38.5 Å². The van der Waals surface area contributed by atoms with E-state index in [1.165, 1.54) is 51.6 Å². The molecule has 0 bridgehead atoms. The Morgan fingerprint density at radius 2 is 1.79 bits per heavy atom. The standard InChI is InChI=1S/C12H23NO/c1-3-7-13-9-11(5-1)12-6-2-4-8-14-10-12/h11-13H,1-10H2. The van der Waals surface area contributed by atoms with Crippen molar-refractivity contribution in [1.29, 1.82) is 0 Å². The lowest BCUT2D eigenvalue weighted by molar-refractivity contribution is 0.0916. The van der Waals surface area contributed by atoms with E-state index in [9.17, 15) is 0 Å². The van der Waals surface area contributed by atoms with Gasteiger partial charge in [0.2, 0.25) is 0 Å². The first-order chi connectivity index (χ1) is 6.97. The Hall–Kier alpha value is -0.0800. The van der Waals surface area contributed by atoms with Crippen LogP contribution < -0.4 is 5.32 Å². The van der Waals surface area contributed by atoms with E-state index in [1.807, 2.05) is 0 Å². The van der Waals surface area contributed by atoms with Crippen molar-refractivity contribution in [2.75, 3.05) is 26.3 Å². The number of ether oxygens (including phenoxy) is 1. The lowest BCUT2D eigenvalue weighted by Gasteiger charge is -2.24. The topological polar surface area (TPSA) is 21.3 Å². The summed E-state index contributed by atoms with van der Waals surface area (Å²) in [6, 6.07) is 0. The van der Waals surface area contributed by atoms with Crippen molar-refractivity contribution in [3.05, 3.63) is 0 Å². The molecule has 0 radical (unpaired) electrons. The molecule has 2 atom stereocenters. The normalized spacial score (nSPS) is 36.0. The van der Waals surface area contributed by atoms with Gasteiger partial charge in [-0.15, -0.1) is 0 Å². The van der Waals surface area contributed by atoms with E-state index >= 15 is 0 Å². The van der Waals surface area contributed by atoms with Crippen molar-refractivity contribution in [1.82, 2.24) is 5.32 Å². The fraction of sp³-hybridized carbons (Fsp3) is 1.00. The number of rotatable bonds is 1. The van der Waals surface area contributed by atoms with Gasteiger partial charge in [0.05, 0.1) is 0 Å². The van der Waals surface area contributed by atoms with Crippen LogP contribution in [0.3, 0.4) is 0 Å². The second kappa shape index (κ2) is 5.72. The Kier molecular flexibility index (Phi) is 4.26. The molecule has 2 saturated heterocycles. The molecule has 2 heteroatoms. The van der Waals surface area contributed by atoms with Crippen molar-refractivity contribution in [3.8, 4) is 0 Å². The molecular weight excluding hydrogens is 174 g/mol. The van der Waals surface area contributed by atoms with Crippen LogP contribution in [-0.2, 0) is 4.74 Å². The quantitative estimate of drug-likeness (QED) is 0.696. The smallest absolute Gasteiger partial charge is 0.0497 e. The van der Waals surface area contributed by atoms with Crippen LogP contribution in [0.15, 0.2) is 0 Å². The molecule has 0 aromatic rings. The predicted octanol–water partition coefficient (Wildman–Crippen LogP) is 2.19. The van der Waals surface area contributed by atoms with Gasteiger partial charge in [-0.2, -0.15) is 0 Å². The molecule has 0 spiro atoms. The molecule has 0 aromatic heterocycles. The minimum atomic E-state index is 0.836. The summed E-state index contributed by atoms with van der Waals surface area (Å²) in [6.07, 6.45) is 8.24. The molecular formula is C12H23NO. The molecule has 2 aliphatic rings. The molecule has 2 fully saturated rings. The Morgan fingerprint density at radius 1 is 0.929 bits per heavy atom. The molecule has 2 unspecified atom stereocenters. The first-order valence-electron chi connectivity index (χ1n) is 6.25. The second-order valence-corrected chi connectivity index (χ2v) is 4.79. The van der Waals surface area contributed by atoms with Crippen molar-refractivity contribution >= 4 is 0 Å². The summed E-state index contributed by atoms with van der Waals surface area (Å²) in [5.74, 6) is 1.72. The van der Waals surface area contributed by atoms with Crippen LogP contribution in [-0.4, -0.2) is 26.3 Å². The summed E-state index contributed by atoms with van der Waals surface area (Å²) in [5.41, 5.74) is 0. The molecule has 2 aliphatic heterocycles. The van der Waals surface area contributed by atoms with Crippen LogP contribution in [0.25, 0.3) is 0 Å². The predicted molar refractivity (Wildman–Crippen MR) is 58.4 cm³/mol. The maximum Gasteiger partial charge on any atom is 0.0497 e. The van der Waals surface area contributed by atoms with Gasteiger partial charge in [-0.25, -0.2) is 0 Å². The number of hydrogen-bond donors (Lipinski definition) is 1. The number of hydrogen-bond acceptors (Lipinski definition) is 2. The fourth-order valence-electron chi connectivity index (χ4n) is 2.75. The van der Waals surface area contributed by atoms with Gasteiger partial charge in [-0.1, -0.05) is 12.8 Å². The summed E-state index contributed by atoms with van der Waals surface area (Å²) < 4.78 is 5.67. The van der Waals surface area contributed by atoms with E-state index in [4.69, 9.17) is 4.74 Å². The SMILES string of the molecule is C1CCC(C2CCCCOC2)CNC1. The highest BCUT2D eigenvalue weighted by Gasteiger charge is 2.23. The average Bonchev–Trinajstić information content (AvgIpc) is 2.62. The van der Waals surface area contributed by atoms with Gasteiger partial charge < -0.3 is 10.1 Å². The summed E-state index contributed by atoms with van der Waals surface area (Å²) in [7, 11) is 0. The lowest BCUT2D eigenvalue weighted by Crippen LogP contribution is -2.28. The summed E-state index contributed by atoms with van der Waals surface area (Å²) in [5, 5.41) is 3.56. The molecule has 2 heterocycles. The van der Waals surface area contributed by atoms with Gasteiger partial charge >= 0.3 is 0 Å². The molecule has 14 heavy (non-hydrogen) atoms. The molecule has 1 N–H and O–H groups in total. The Labute approximate surface area is 87.4 Å². The van der Waals surface area contributed by atoms with Gasteiger partial charge in [0.25, 0.3) is 0 Å². The van der Waals surface area contributed by atoms with Gasteiger partial charge in [-0.05, 0) is 50.6 Å². The summed E-state index contributed by atoms with van der Waals surface area (Å²) in [6.45, 7) is 4.47. The van der Waals surface area contributed by atoms with E-state index in [-0.39, 0.29) is 0 Å². The summed E-state index contributed by atoms with van der Waals surface area (Å²) in [4.78, 5) is 0. The zero-order chi connectivity index (χ0) is 9.64. The van der Waals surface area contributed by atoms with Crippen molar-refractivity contribution in [2.24, 2.45) is 11.8 Å². The molecule has 0 aromatic carbocycles. The fourth-order valence-corrected chi connectivity index (χ4v) is 2.75. The molecule has 0 saturated carbocycles. The lowest BCUT2D eigenvalue weighted by atomic mass is 9.86. The van der Waals surface area contributed by atoms with E-state index in [1.54, 1.807) is 0 Å². The van der Waals surface area contributed by atoms with E-state index in [0.29, 0.717) is 0 Å². The van der Waals surface area contributed by atoms with Crippen molar-refractivity contribution < 1.29 is 4.74 Å². The van der Waals surface area contributed by atoms with E-state index < -0.39 is 0 Å². The maximum absolute atomic E-state index is 5.67. The molecule has 2 nitrogen and oxygen atoms in total. The average molecular weight is 197 g/mol. The van der Waals surface area contributed by atoms with Gasteiger partial charge in [0.1, 0.15) is 0 Å². The summed E-state index contributed by atoms with van der Waals surface area (Å²) >= 11 is 0. The highest BCUT2D eigenvalue weighted by atomic mass is 16.5. The van der Waals surface area contributed by atoms with E-state index in [2.05, 4.69) is 5.32 Å². The zero-order valence-electron chi connectivity index (χ0n) is 9.13. The Morgan fingerprint density at radius 3 is 2.79 bits per heavy atom. The Balaban J connectivity index is 1.83. The first-order valence-corrected chi connectivity index (χ1v) is 6.25. The van der Waals surface area contributed by atoms with Crippen molar-refractivity contribution in [2.45, 2.75) is 38.5 Å². The monoisotopic (exact) mass is 197 g/mol. The largest absolute Gasteiger partial charge is 0.381 e. The molecule has 0 amide bonds. The minimum Gasteiger partial charge on any atom is -0.381 e. The van der Waals surface area contributed by atoms with Gasteiger partial charge in [-0.3, -0.25) is 0 Å². The van der Waals surface area contributed by atoms with Gasteiger partial charge in [0.15, 0.2) is 0 Å². The number of nitrogens with one attached hydrogen (secondary N) is 1. The van der Waals surface area contributed by atoms with Crippen LogP contribution >= 0.6 is 0 Å². The highest BCUT2D eigenvalue weighted by molar-refractivity contribution is 4.76. The maximum atomic E-state index is 5.67. The third-order valence-corrected chi connectivity index (χ3v) is 3.70. The van der Waals surface area contributed by atoms with Crippen molar-refractivity contribution in [3.63, 3.8) is 0 Å². The van der Waals surface area contributed by atoms with Crippen LogP contribution in [0, 0.1) is 11.8 Å².